The molecule has 0 fully saturated rings. The highest BCUT2D eigenvalue weighted by molar-refractivity contribution is 8.15. The monoisotopic (exact) mass is 324 g/mol. The van der Waals surface area contributed by atoms with Gasteiger partial charge in [-0.3, -0.25) is 9.79 Å². The molecule has 112 valence electrons. The smallest absolute Gasteiger partial charge is 0.308 e. The molecule has 1 atom stereocenters. The van der Waals surface area contributed by atoms with E-state index in [9.17, 15) is 18.0 Å². The first-order valence-electron chi connectivity index (χ1n) is 5.74. The molecule has 0 radical (unpaired) electrons. The van der Waals surface area contributed by atoms with Crippen molar-refractivity contribution in [3.63, 3.8) is 0 Å². The van der Waals surface area contributed by atoms with Gasteiger partial charge in [0.2, 0.25) is 6.41 Å². The van der Waals surface area contributed by atoms with E-state index in [1.807, 2.05) is 17.5 Å². The molecule has 1 amide bonds. The fraction of sp³-hybridized carbons (Fsp3) is 0.500. The van der Waals surface area contributed by atoms with E-state index in [0.717, 1.165) is 18.7 Å². The third kappa shape index (κ3) is 4.52. The highest BCUT2D eigenvalue weighted by atomic mass is 32.2. The summed E-state index contributed by atoms with van der Waals surface area (Å²) >= 11 is 1.95. The number of thioether (sulfide) groups is 1. The first kappa shape index (κ1) is 17.0. The summed E-state index contributed by atoms with van der Waals surface area (Å²) in [6.07, 6.45) is -4.06. The van der Waals surface area contributed by atoms with Crippen LogP contribution in [0.25, 0.3) is 0 Å². The number of carbonyl (C=O) groups excluding carboxylic acids is 1. The number of halogens is 3. The van der Waals surface area contributed by atoms with Crippen LogP contribution < -0.4 is 5.32 Å². The van der Waals surface area contributed by atoms with E-state index >= 15 is 0 Å². The molecule has 1 N–H and O–H groups in total. The summed E-state index contributed by atoms with van der Waals surface area (Å²) < 4.78 is 36.5. The van der Waals surface area contributed by atoms with Gasteiger partial charge in [-0.1, -0.05) is 17.8 Å². The second kappa shape index (κ2) is 6.62. The summed E-state index contributed by atoms with van der Waals surface area (Å²) in [4.78, 5) is 15.6. The van der Waals surface area contributed by atoms with E-state index in [1.165, 1.54) is 11.3 Å². The van der Waals surface area contributed by atoms with Gasteiger partial charge in [-0.25, -0.2) is 0 Å². The number of amidine groups is 1. The molecule has 0 aromatic carbocycles. The average Bonchev–Trinajstić information content (AvgIpc) is 2.80. The lowest BCUT2D eigenvalue weighted by Crippen LogP contribution is -2.39. The third-order valence-electron chi connectivity index (χ3n) is 2.48. The van der Waals surface area contributed by atoms with Crippen molar-refractivity contribution in [3.05, 3.63) is 22.4 Å². The molecule has 3 nitrogen and oxygen atoms in total. The maximum absolute atomic E-state index is 12.9. The van der Waals surface area contributed by atoms with Gasteiger partial charge in [0.05, 0.1) is 6.04 Å². The van der Waals surface area contributed by atoms with Crippen LogP contribution >= 0.6 is 23.1 Å². The predicted octanol–water partition coefficient (Wildman–Crippen LogP) is 3.99. The second-order valence-corrected chi connectivity index (χ2v) is 7.09. The molecule has 1 unspecified atom stereocenters. The quantitative estimate of drug-likeness (QED) is 0.517. The lowest BCUT2D eigenvalue weighted by atomic mass is 10.2. The van der Waals surface area contributed by atoms with Crippen LogP contribution in [0.1, 0.15) is 31.7 Å². The van der Waals surface area contributed by atoms with E-state index in [1.54, 1.807) is 6.92 Å². The number of nitrogens with one attached hydrogen (secondary N) is 1. The second-order valence-electron chi connectivity index (χ2n) is 4.50. The Kier molecular flexibility index (Phi) is 5.64. The Balaban J connectivity index is 2.92. The fourth-order valence-corrected chi connectivity index (χ4v) is 2.85. The number of amides is 1. The Bertz CT molecular complexity index is 470. The van der Waals surface area contributed by atoms with Crippen LogP contribution in [-0.2, 0) is 4.79 Å². The molecule has 20 heavy (non-hydrogen) atoms. The Hall–Kier alpha value is -1.02. The standard InChI is InChI=1S/C12H15F3N2OS2/c1-8(9-5-4-6-19-9)17-10(16-7-18)20-11(2,3)12(13,14)15/h4-8H,1-3H3,(H,16,17,18). The van der Waals surface area contributed by atoms with Crippen LogP contribution in [0.2, 0.25) is 0 Å². The molecule has 1 aromatic rings. The van der Waals surface area contributed by atoms with Gasteiger partial charge in [-0.15, -0.1) is 11.3 Å². The van der Waals surface area contributed by atoms with Gasteiger partial charge in [-0.2, -0.15) is 13.2 Å². The number of thiophene rings is 1. The number of hydrogen-bond acceptors (Lipinski definition) is 4. The van der Waals surface area contributed by atoms with E-state index in [-0.39, 0.29) is 11.2 Å². The van der Waals surface area contributed by atoms with Gasteiger partial charge >= 0.3 is 6.18 Å². The molecule has 0 aliphatic carbocycles. The summed E-state index contributed by atoms with van der Waals surface area (Å²) in [6, 6.07) is 3.37. The molecule has 8 heteroatoms. The third-order valence-corrected chi connectivity index (χ3v) is 4.68. The Morgan fingerprint density at radius 3 is 2.60 bits per heavy atom. The molecule has 0 aliphatic heterocycles. The Morgan fingerprint density at radius 2 is 2.15 bits per heavy atom. The molecule has 0 saturated carbocycles. The Morgan fingerprint density at radius 1 is 1.50 bits per heavy atom. The van der Waals surface area contributed by atoms with Crippen LogP contribution in [-0.4, -0.2) is 22.5 Å². The molecule has 0 spiro atoms. The minimum Gasteiger partial charge on any atom is -0.308 e. The van der Waals surface area contributed by atoms with Crippen LogP contribution in [0.5, 0.6) is 0 Å². The minimum absolute atomic E-state index is 0.0387. The molecule has 1 heterocycles. The highest BCUT2D eigenvalue weighted by Gasteiger charge is 2.49. The number of carbonyl (C=O) groups is 1. The van der Waals surface area contributed by atoms with Crippen LogP contribution in [0.15, 0.2) is 22.5 Å². The van der Waals surface area contributed by atoms with Crippen molar-refractivity contribution < 1.29 is 18.0 Å². The highest BCUT2D eigenvalue weighted by Crippen LogP contribution is 2.41. The van der Waals surface area contributed by atoms with Crippen molar-refractivity contribution >= 4 is 34.7 Å². The van der Waals surface area contributed by atoms with Crippen LogP contribution in [0.3, 0.4) is 0 Å². The molecule has 1 rings (SSSR count). The van der Waals surface area contributed by atoms with Gasteiger partial charge in [0.1, 0.15) is 4.75 Å². The first-order valence-corrected chi connectivity index (χ1v) is 7.44. The maximum atomic E-state index is 12.9. The number of nitrogens with zero attached hydrogens (tertiary/aromatic N) is 1. The van der Waals surface area contributed by atoms with Gasteiger partial charge < -0.3 is 5.32 Å². The molecule has 0 aliphatic rings. The summed E-state index contributed by atoms with van der Waals surface area (Å²) in [6.45, 7) is 3.87. The molecular weight excluding hydrogens is 309 g/mol. The number of aliphatic imine (C=N–C) groups is 1. The van der Waals surface area contributed by atoms with Gasteiger partial charge in [0.25, 0.3) is 0 Å². The molecular formula is C12H15F3N2OS2. The molecule has 0 bridgehead atoms. The average molecular weight is 324 g/mol. The van der Waals surface area contributed by atoms with Gasteiger partial charge in [-0.05, 0) is 32.2 Å². The number of hydrogen-bond donors (Lipinski definition) is 1. The van der Waals surface area contributed by atoms with E-state index in [0.29, 0.717) is 18.2 Å². The van der Waals surface area contributed by atoms with Crippen molar-refractivity contribution in [3.8, 4) is 0 Å². The van der Waals surface area contributed by atoms with E-state index in [2.05, 4.69) is 10.3 Å². The van der Waals surface area contributed by atoms with Crippen molar-refractivity contribution in [2.75, 3.05) is 0 Å². The number of rotatable bonds is 4. The predicted molar refractivity (Wildman–Crippen MR) is 77.1 cm³/mol. The van der Waals surface area contributed by atoms with Crippen molar-refractivity contribution in [2.45, 2.75) is 37.7 Å². The normalized spacial score (nSPS) is 15.0. The lowest BCUT2D eigenvalue weighted by Gasteiger charge is -2.27. The summed E-state index contributed by atoms with van der Waals surface area (Å²) in [5.74, 6) is 0. The maximum Gasteiger partial charge on any atom is 0.403 e. The SMILES string of the molecule is CC(N=C(NC=O)SC(C)(C)C(F)(F)F)c1cccs1. The van der Waals surface area contributed by atoms with Crippen molar-refractivity contribution in [1.82, 2.24) is 5.32 Å². The zero-order valence-electron chi connectivity index (χ0n) is 11.2. The van der Waals surface area contributed by atoms with Crippen LogP contribution in [0.4, 0.5) is 13.2 Å². The summed E-state index contributed by atoms with van der Waals surface area (Å²) in [7, 11) is 0. The van der Waals surface area contributed by atoms with Crippen LogP contribution in [0, 0.1) is 0 Å². The fourth-order valence-electron chi connectivity index (χ4n) is 1.21. The topological polar surface area (TPSA) is 41.5 Å². The molecule has 0 saturated heterocycles. The van der Waals surface area contributed by atoms with Gasteiger partial charge in [0, 0.05) is 4.88 Å². The largest absolute Gasteiger partial charge is 0.403 e. The van der Waals surface area contributed by atoms with Gasteiger partial charge in [0.15, 0.2) is 5.17 Å². The Labute approximate surface area is 123 Å². The zero-order valence-corrected chi connectivity index (χ0v) is 12.8. The van der Waals surface area contributed by atoms with Crippen molar-refractivity contribution in [2.24, 2.45) is 4.99 Å². The van der Waals surface area contributed by atoms with Crippen molar-refractivity contribution in [1.29, 1.82) is 0 Å². The molecule has 1 aromatic heterocycles. The van der Waals surface area contributed by atoms with E-state index < -0.39 is 10.9 Å². The first-order chi connectivity index (χ1) is 9.17. The summed E-state index contributed by atoms with van der Waals surface area (Å²) in [5, 5.41) is 4.06. The summed E-state index contributed by atoms with van der Waals surface area (Å²) in [5.41, 5.74) is 0. The minimum atomic E-state index is -4.39. The zero-order chi connectivity index (χ0) is 15.4. The van der Waals surface area contributed by atoms with E-state index in [4.69, 9.17) is 0 Å². The number of alkyl halides is 3. The lowest BCUT2D eigenvalue weighted by molar-refractivity contribution is -0.150.